The molecule has 0 saturated heterocycles. The van der Waals surface area contributed by atoms with Gasteiger partial charge in [0.05, 0.1) is 22.8 Å². The van der Waals surface area contributed by atoms with Crippen molar-refractivity contribution >= 4 is 28.6 Å². The van der Waals surface area contributed by atoms with E-state index in [1.54, 1.807) is 19.1 Å². The van der Waals surface area contributed by atoms with Crippen molar-refractivity contribution in [2.45, 2.75) is 13.5 Å². The normalized spacial score (nSPS) is 10.1. The van der Waals surface area contributed by atoms with Crippen LogP contribution in [0.5, 0.6) is 11.5 Å². The Balaban J connectivity index is 3.02. The first-order valence-corrected chi connectivity index (χ1v) is 6.05. The molecule has 1 aromatic rings. The molecular formula is C11H12IO5-. The molecule has 0 aliphatic heterocycles. The van der Waals surface area contributed by atoms with Crippen molar-refractivity contribution in [2.75, 3.05) is 13.2 Å². The van der Waals surface area contributed by atoms with Gasteiger partial charge >= 0.3 is 0 Å². The maximum Gasteiger partial charge on any atom is 0.175 e. The fourth-order valence-corrected chi connectivity index (χ4v) is 2.07. The summed E-state index contributed by atoms with van der Waals surface area (Å²) in [4.78, 5) is 10.4. The number of hydrogen-bond donors (Lipinski definition) is 1. The van der Waals surface area contributed by atoms with E-state index in [-0.39, 0.29) is 6.61 Å². The second-order valence-electron chi connectivity index (χ2n) is 3.16. The molecule has 5 nitrogen and oxygen atoms in total. The van der Waals surface area contributed by atoms with Crippen LogP contribution in [0.15, 0.2) is 12.1 Å². The maximum absolute atomic E-state index is 10.4. The summed E-state index contributed by atoms with van der Waals surface area (Å²) in [5.74, 6) is -0.520. The fraction of sp³-hybridized carbons (Fsp3) is 0.364. The molecule has 0 fully saturated rings. The molecule has 17 heavy (non-hydrogen) atoms. The first-order valence-electron chi connectivity index (χ1n) is 4.97. The van der Waals surface area contributed by atoms with E-state index in [1.807, 2.05) is 22.6 Å². The summed E-state index contributed by atoms with van der Waals surface area (Å²) >= 11 is 1.99. The maximum atomic E-state index is 10.4. The van der Waals surface area contributed by atoms with E-state index < -0.39 is 12.6 Å². The molecule has 0 spiro atoms. The van der Waals surface area contributed by atoms with Crippen molar-refractivity contribution in [3.8, 4) is 11.5 Å². The van der Waals surface area contributed by atoms with Gasteiger partial charge in [0.2, 0.25) is 0 Å². The third-order valence-corrected chi connectivity index (χ3v) is 2.69. The van der Waals surface area contributed by atoms with Gasteiger partial charge in [0.1, 0.15) is 6.61 Å². The van der Waals surface area contributed by atoms with E-state index in [9.17, 15) is 9.90 Å². The lowest BCUT2D eigenvalue weighted by atomic mass is 10.2. The topological polar surface area (TPSA) is 78.8 Å². The molecule has 94 valence electrons. The van der Waals surface area contributed by atoms with Gasteiger partial charge in [0.25, 0.3) is 0 Å². The number of aliphatic hydroxyl groups excluding tert-OH is 1. The Hall–Kier alpha value is -1.02. The minimum atomic E-state index is -1.30. The Morgan fingerprint density at radius 2 is 2.18 bits per heavy atom. The van der Waals surface area contributed by atoms with E-state index in [2.05, 4.69) is 0 Å². The van der Waals surface area contributed by atoms with Crippen LogP contribution < -0.4 is 14.6 Å². The summed E-state index contributed by atoms with van der Waals surface area (Å²) in [6, 6.07) is 3.32. The summed E-state index contributed by atoms with van der Waals surface area (Å²) < 4.78 is 11.1. The molecule has 0 bridgehead atoms. The molecule has 1 rings (SSSR count). The number of aliphatic hydroxyl groups is 1. The Labute approximate surface area is 112 Å². The van der Waals surface area contributed by atoms with Gasteiger partial charge in [-0.15, -0.1) is 0 Å². The minimum Gasteiger partial charge on any atom is -0.546 e. The quantitative estimate of drug-likeness (QED) is 0.747. The highest BCUT2D eigenvalue weighted by Crippen LogP contribution is 2.34. The molecular weight excluding hydrogens is 339 g/mol. The molecule has 0 amide bonds. The van der Waals surface area contributed by atoms with Gasteiger partial charge in [-0.3, -0.25) is 0 Å². The highest BCUT2D eigenvalue weighted by molar-refractivity contribution is 14.1. The van der Waals surface area contributed by atoms with Gasteiger partial charge in [-0.1, -0.05) is 0 Å². The number of aliphatic carboxylic acids is 1. The zero-order valence-corrected chi connectivity index (χ0v) is 11.4. The van der Waals surface area contributed by atoms with E-state index in [0.29, 0.717) is 27.2 Å². The van der Waals surface area contributed by atoms with Gasteiger partial charge in [-0.05, 0) is 47.2 Å². The monoisotopic (exact) mass is 351 g/mol. The average Bonchev–Trinajstić information content (AvgIpc) is 2.27. The third kappa shape index (κ3) is 4.04. The summed E-state index contributed by atoms with van der Waals surface area (Å²) in [6.07, 6.45) is 0. The number of carbonyl (C=O) groups excluding carboxylic acids is 1. The first kappa shape index (κ1) is 14.0. The van der Waals surface area contributed by atoms with Crippen LogP contribution >= 0.6 is 22.6 Å². The molecule has 0 unspecified atom stereocenters. The molecule has 0 saturated carbocycles. The number of hydrogen-bond acceptors (Lipinski definition) is 5. The van der Waals surface area contributed by atoms with Crippen LogP contribution in [-0.4, -0.2) is 24.3 Å². The second kappa shape index (κ2) is 6.65. The zero-order valence-electron chi connectivity index (χ0n) is 9.23. The lowest BCUT2D eigenvalue weighted by Gasteiger charge is -2.15. The standard InChI is InChI=1S/C11H13IO5/c1-2-16-9-4-7(5-13)3-8(12)11(9)17-6-10(14)15/h3-4,13H,2,5-6H2,1H3,(H,14,15)/p-1. The first-order chi connectivity index (χ1) is 8.08. The van der Waals surface area contributed by atoms with E-state index in [1.165, 1.54) is 0 Å². The van der Waals surface area contributed by atoms with E-state index in [4.69, 9.17) is 14.6 Å². The molecule has 0 heterocycles. The van der Waals surface area contributed by atoms with Crippen LogP contribution in [0.3, 0.4) is 0 Å². The number of carboxylic acids is 1. The van der Waals surface area contributed by atoms with Gasteiger partial charge in [-0.2, -0.15) is 0 Å². The molecule has 0 aromatic heterocycles. The number of benzene rings is 1. The highest BCUT2D eigenvalue weighted by atomic mass is 127. The molecule has 1 N–H and O–H groups in total. The van der Waals surface area contributed by atoms with Crippen molar-refractivity contribution in [1.82, 2.24) is 0 Å². The fourth-order valence-electron chi connectivity index (χ4n) is 1.25. The second-order valence-corrected chi connectivity index (χ2v) is 4.32. The Bertz CT molecular complexity index is 405. The smallest absolute Gasteiger partial charge is 0.175 e. The molecule has 0 aliphatic rings. The number of halogens is 1. The van der Waals surface area contributed by atoms with Crippen molar-refractivity contribution in [3.63, 3.8) is 0 Å². The molecule has 0 radical (unpaired) electrons. The molecule has 0 atom stereocenters. The summed E-state index contributed by atoms with van der Waals surface area (Å²) in [7, 11) is 0. The summed E-state index contributed by atoms with van der Waals surface area (Å²) in [5.41, 5.74) is 0.679. The molecule has 1 aromatic carbocycles. The van der Waals surface area contributed by atoms with E-state index >= 15 is 0 Å². The summed E-state index contributed by atoms with van der Waals surface area (Å²) in [6.45, 7) is 1.58. The largest absolute Gasteiger partial charge is 0.546 e. The van der Waals surface area contributed by atoms with Crippen LogP contribution in [0.4, 0.5) is 0 Å². The number of ether oxygens (including phenoxy) is 2. The highest BCUT2D eigenvalue weighted by Gasteiger charge is 2.11. The van der Waals surface area contributed by atoms with Crippen LogP contribution in [-0.2, 0) is 11.4 Å². The predicted molar refractivity (Wildman–Crippen MR) is 66.8 cm³/mol. The Morgan fingerprint density at radius 1 is 1.47 bits per heavy atom. The zero-order chi connectivity index (χ0) is 12.8. The van der Waals surface area contributed by atoms with Crippen LogP contribution in [0.2, 0.25) is 0 Å². The van der Waals surface area contributed by atoms with Gasteiger partial charge in [0, 0.05) is 0 Å². The van der Waals surface area contributed by atoms with Gasteiger partial charge < -0.3 is 24.5 Å². The number of carboxylic acid groups (broad SMARTS) is 1. The average molecular weight is 351 g/mol. The number of rotatable bonds is 6. The molecule has 6 heteroatoms. The van der Waals surface area contributed by atoms with Crippen LogP contribution in [0, 0.1) is 3.57 Å². The lowest BCUT2D eigenvalue weighted by molar-refractivity contribution is -0.307. The SMILES string of the molecule is CCOc1cc(CO)cc(I)c1OCC(=O)[O-]. The van der Waals surface area contributed by atoms with Crippen LogP contribution in [0.25, 0.3) is 0 Å². The van der Waals surface area contributed by atoms with Crippen molar-refractivity contribution in [3.05, 3.63) is 21.3 Å². The van der Waals surface area contributed by atoms with Crippen molar-refractivity contribution in [2.24, 2.45) is 0 Å². The summed E-state index contributed by atoms with van der Waals surface area (Å²) in [5, 5.41) is 19.4. The predicted octanol–water partition coefficient (Wildman–Crippen LogP) is 0.311. The third-order valence-electron chi connectivity index (χ3n) is 1.89. The van der Waals surface area contributed by atoms with Gasteiger partial charge in [0.15, 0.2) is 11.5 Å². The van der Waals surface area contributed by atoms with Crippen molar-refractivity contribution < 1.29 is 24.5 Å². The van der Waals surface area contributed by atoms with Gasteiger partial charge in [-0.25, -0.2) is 0 Å². The van der Waals surface area contributed by atoms with Crippen LogP contribution in [0.1, 0.15) is 12.5 Å². The lowest BCUT2D eigenvalue weighted by Crippen LogP contribution is -2.29. The van der Waals surface area contributed by atoms with E-state index in [0.717, 1.165) is 0 Å². The molecule has 0 aliphatic carbocycles. The van der Waals surface area contributed by atoms with Crippen molar-refractivity contribution in [1.29, 1.82) is 0 Å². The Morgan fingerprint density at radius 3 is 2.71 bits per heavy atom. The Kier molecular flexibility index (Phi) is 5.49. The minimum absolute atomic E-state index is 0.114. The number of carbonyl (C=O) groups is 1.